The molecule has 3 nitrogen and oxygen atoms in total. The molecule has 0 aromatic rings. The molecule has 0 bridgehead atoms. The highest BCUT2D eigenvalue weighted by atomic mass is 16.6. The van der Waals surface area contributed by atoms with E-state index >= 15 is 0 Å². The summed E-state index contributed by atoms with van der Waals surface area (Å²) in [6.07, 6.45) is 1.51. The maximum absolute atomic E-state index is 4.44. The van der Waals surface area contributed by atoms with Crippen molar-refractivity contribution in [1.82, 2.24) is 5.48 Å². The third-order valence-corrected chi connectivity index (χ3v) is 0.444. The largest absolute Gasteiger partial charge is 0.279 e. The molecule has 0 unspecified atom stereocenters. The van der Waals surface area contributed by atoms with Crippen LogP contribution >= 0.6 is 0 Å². The van der Waals surface area contributed by atoms with Crippen LogP contribution in [-0.2, 0) is 4.84 Å². The molecule has 0 aliphatic rings. The molecule has 0 radical (unpaired) electrons. The van der Waals surface area contributed by atoms with Crippen LogP contribution in [0.4, 0.5) is 0 Å². The lowest BCUT2D eigenvalue weighted by molar-refractivity contribution is 0.148. The molecule has 0 saturated carbocycles. The Balaban J connectivity index is 2.78. The van der Waals surface area contributed by atoms with Crippen LogP contribution in [0.25, 0.3) is 0 Å². The predicted octanol–water partition coefficient (Wildman–Crippen LogP) is 0.186. The Kier molecular flexibility index (Phi) is 4.99. The highest BCUT2D eigenvalue weighted by Crippen LogP contribution is 1.57. The fraction of sp³-hybridized carbons (Fsp3) is 0.750. The minimum atomic E-state index is 0.788. The van der Waals surface area contributed by atoms with Crippen LogP contribution in [0.5, 0.6) is 0 Å². The first kappa shape index (κ1) is 6.43. The van der Waals surface area contributed by atoms with Gasteiger partial charge in [0.25, 0.3) is 0 Å². The molecular weight excluding hydrogens is 92.1 g/mol. The van der Waals surface area contributed by atoms with Gasteiger partial charge >= 0.3 is 0 Å². The van der Waals surface area contributed by atoms with E-state index in [9.17, 15) is 0 Å². The summed E-state index contributed by atoms with van der Waals surface area (Å²) >= 11 is 0. The first-order valence-electron chi connectivity index (χ1n) is 2.18. The SMILES string of the molecule is CC/N=C\NOC. The highest BCUT2D eigenvalue weighted by Gasteiger charge is 1.62. The molecule has 0 fully saturated rings. The quantitative estimate of drug-likeness (QED) is 0.313. The minimum Gasteiger partial charge on any atom is -0.279 e. The fourth-order valence-electron chi connectivity index (χ4n) is 0.181. The Morgan fingerprint density at radius 3 is 3.00 bits per heavy atom. The van der Waals surface area contributed by atoms with Crippen LogP contribution in [-0.4, -0.2) is 20.0 Å². The zero-order chi connectivity index (χ0) is 5.54. The summed E-state index contributed by atoms with van der Waals surface area (Å²) in [5.41, 5.74) is 2.46. The van der Waals surface area contributed by atoms with Crippen LogP contribution in [0.2, 0.25) is 0 Å². The molecule has 0 heterocycles. The van der Waals surface area contributed by atoms with Gasteiger partial charge in [-0.3, -0.25) is 15.3 Å². The molecule has 0 aromatic carbocycles. The van der Waals surface area contributed by atoms with Gasteiger partial charge in [0, 0.05) is 6.54 Å². The van der Waals surface area contributed by atoms with Crippen molar-refractivity contribution in [1.29, 1.82) is 0 Å². The van der Waals surface area contributed by atoms with Gasteiger partial charge in [-0.15, -0.1) is 0 Å². The van der Waals surface area contributed by atoms with Crippen LogP contribution in [0, 0.1) is 0 Å². The third kappa shape index (κ3) is 5.43. The molecule has 0 amide bonds. The van der Waals surface area contributed by atoms with Gasteiger partial charge in [0.05, 0.1) is 7.11 Å². The summed E-state index contributed by atoms with van der Waals surface area (Å²) in [6.45, 7) is 2.74. The van der Waals surface area contributed by atoms with Crippen molar-refractivity contribution < 1.29 is 4.84 Å². The molecule has 7 heavy (non-hydrogen) atoms. The third-order valence-electron chi connectivity index (χ3n) is 0.444. The monoisotopic (exact) mass is 102 g/mol. The Bertz CT molecular complexity index is 53.7. The van der Waals surface area contributed by atoms with Crippen LogP contribution in [0.3, 0.4) is 0 Å². The molecular formula is C4H10N2O. The summed E-state index contributed by atoms with van der Waals surface area (Å²) < 4.78 is 0. The van der Waals surface area contributed by atoms with E-state index in [1.165, 1.54) is 6.34 Å². The van der Waals surface area contributed by atoms with E-state index in [2.05, 4.69) is 15.3 Å². The number of nitrogens with zero attached hydrogens (tertiary/aromatic N) is 1. The molecule has 0 atom stereocenters. The van der Waals surface area contributed by atoms with Gasteiger partial charge in [-0.1, -0.05) is 0 Å². The Labute approximate surface area is 43.3 Å². The number of aliphatic imine (C=N–C) groups is 1. The van der Waals surface area contributed by atoms with Crippen molar-refractivity contribution in [2.75, 3.05) is 13.7 Å². The molecule has 0 aliphatic carbocycles. The van der Waals surface area contributed by atoms with Gasteiger partial charge in [-0.05, 0) is 6.92 Å². The summed E-state index contributed by atoms with van der Waals surface area (Å²) in [5.74, 6) is 0. The Hall–Kier alpha value is -0.570. The van der Waals surface area contributed by atoms with Gasteiger partial charge in [0.15, 0.2) is 0 Å². The molecule has 1 N–H and O–H groups in total. The normalized spacial score (nSPS) is 10.0. The molecule has 0 saturated heterocycles. The number of nitrogens with one attached hydrogen (secondary N) is 1. The second-order valence-electron chi connectivity index (χ2n) is 0.950. The number of rotatable bonds is 3. The minimum absolute atomic E-state index is 0.788. The van der Waals surface area contributed by atoms with Gasteiger partial charge < -0.3 is 0 Å². The van der Waals surface area contributed by atoms with E-state index in [4.69, 9.17) is 0 Å². The summed E-state index contributed by atoms with van der Waals surface area (Å²) in [4.78, 5) is 8.25. The predicted molar refractivity (Wildman–Crippen MR) is 29.2 cm³/mol. The summed E-state index contributed by atoms with van der Waals surface area (Å²) in [6, 6.07) is 0. The lowest BCUT2D eigenvalue weighted by atomic mass is 10.8. The fourth-order valence-corrected chi connectivity index (χ4v) is 0.181. The van der Waals surface area contributed by atoms with Crippen molar-refractivity contribution in [3.05, 3.63) is 0 Å². The van der Waals surface area contributed by atoms with Gasteiger partial charge in [-0.2, -0.15) is 0 Å². The van der Waals surface area contributed by atoms with Crippen molar-refractivity contribution >= 4 is 6.34 Å². The second kappa shape index (κ2) is 5.43. The van der Waals surface area contributed by atoms with E-state index in [1.54, 1.807) is 7.11 Å². The molecule has 3 heteroatoms. The molecule has 42 valence electrons. The first-order chi connectivity index (χ1) is 3.41. The maximum atomic E-state index is 4.44. The van der Waals surface area contributed by atoms with E-state index in [1.807, 2.05) is 6.92 Å². The molecule has 0 rings (SSSR count). The van der Waals surface area contributed by atoms with E-state index in [0.717, 1.165) is 6.54 Å². The lowest BCUT2D eigenvalue weighted by Gasteiger charge is -1.88. The van der Waals surface area contributed by atoms with Gasteiger partial charge in [0.2, 0.25) is 0 Å². The summed E-state index contributed by atoms with van der Waals surface area (Å²) in [5, 5.41) is 0. The standard InChI is InChI=1S/C4H10N2O/c1-3-5-4-6-7-2/h4H,3H2,1-2H3,(H,5,6). The average Bonchev–Trinajstić information content (AvgIpc) is 1.69. The van der Waals surface area contributed by atoms with Gasteiger partial charge in [-0.25, -0.2) is 0 Å². The summed E-state index contributed by atoms with van der Waals surface area (Å²) in [7, 11) is 1.54. The number of hydrogen-bond acceptors (Lipinski definition) is 2. The zero-order valence-corrected chi connectivity index (χ0v) is 4.64. The highest BCUT2D eigenvalue weighted by molar-refractivity contribution is 5.52. The topological polar surface area (TPSA) is 33.6 Å². The lowest BCUT2D eigenvalue weighted by Crippen LogP contribution is -2.07. The first-order valence-corrected chi connectivity index (χ1v) is 2.18. The number of hydroxylamine groups is 1. The van der Waals surface area contributed by atoms with Crippen molar-refractivity contribution in [2.24, 2.45) is 4.99 Å². The van der Waals surface area contributed by atoms with Crippen molar-refractivity contribution in [3.8, 4) is 0 Å². The van der Waals surface area contributed by atoms with Crippen LogP contribution in [0.1, 0.15) is 6.92 Å². The van der Waals surface area contributed by atoms with Crippen LogP contribution in [0.15, 0.2) is 4.99 Å². The molecule has 0 spiro atoms. The Morgan fingerprint density at radius 1 is 1.86 bits per heavy atom. The maximum Gasteiger partial charge on any atom is 0.107 e. The van der Waals surface area contributed by atoms with E-state index < -0.39 is 0 Å². The second-order valence-corrected chi connectivity index (χ2v) is 0.950. The zero-order valence-electron chi connectivity index (χ0n) is 4.64. The van der Waals surface area contributed by atoms with E-state index in [-0.39, 0.29) is 0 Å². The smallest absolute Gasteiger partial charge is 0.107 e. The van der Waals surface area contributed by atoms with Crippen molar-refractivity contribution in [3.63, 3.8) is 0 Å². The van der Waals surface area contributed by atoms with Crippen LogP contribution < -0.4 is 5.48 Å². The Morgan fingerprint density at radius 2 is 2.57 bits per heavy atom. The van der Waals surface area contributed by atoms with Gasteiger partial charge in [0.1, 0.15) is 6.34 Å². The number of hydrogen-bond donors (Lipinski definition) is 1. The molecule has 0 aromatic heterocycles. The van der Waals surface area contributed by atoms with Crippen molar-refractivity contribution in [2.45, 2.75) is 6.92 Å². The van der Waals surface area contributed by atoms with E-state index in [0.29, 0.717) is 0 Å². The molecule has 0 aliphatic heterocycles. The average molecular weight is 102 g/mol.